The number of hydrogen-bond donors (Lipinski definition) is 1. The summed E-state index contributed by atoms with van der Waals surface area (Å²) in [6.45, 7) is 4.09. The molecule has 0 radical (unpaired) electrons. The number of rotatable bonds is 8. The Balaban J connectivity index is 2.18. The highest BCUT2D eigenvalue weighted by molar-refractivity contribution is 5.57. The summed E-state index contributed by atoms with van der Waals surface area (Å²) in [4.78, 5) is 0. The Morgan fingerprint density at radius 2 is 1.52 bits per heavy atom. The molecular formula is C21H28O4. The monoisotopic (exact) mass is 344 g/mol. The van der Waals surface area contributed by atoms with E-state index in [1.165, 1.54) is 5.56 Å². The van der Waals surface area contributed by atoms with Crippen LogP contribution in [-0.2, 0) is 12.8 Å². The van der Waals surface area contributed by atoms with Crippen LogP contribution in [0, 0.1) is 0 Å². The fourth-order valence-electron chi connectivity index (χ4n) is 3.09. The van der Waals surface area contributed by atoms with E-state index in [2.05, 4.69) is 12.1 Å². The number of phenolic OH excluding ortho intramolecular Hbond substituents is 1. The minimum absolute atomic E-state index is 0.168. The van der Waals surface area contributed by atoms with Crippen molar-refractivity contribution in [1.29, 1.82) is 0 Å². The summed E-state index contributed by atoms with van der Waals surface area (Å²) in [7, 11) is 4.90. The van der Waals surface area contributed by atoms with Crippen molar-refractivity contribution in [1.82, 2.24) is 0 Å². The number of benzene rings is 2. The molecule has 0 heterocycles. The Hall–Kier alpha value is -2.36. The molecule has 136 valence electrons. The number of phenols is 1. The lowest BCUT2D eigenvalue weighted by atomic mass is 9.94. The Kier molecular flexibility index (Phi) is 6.57. The predicted molar refractivity (Wildman–Crippen MR) is 100 cm³/mol. The van der Waals surface area contributed by atoms with Gasteiger partial charge in [0, 0.05) is 17.2 Å². The van der Waals surface area contributed by atoms with E-state index < -0.39 is 0 Å². The lowest BCUT2D eigenvalue weighted by Crippen LogP contribution is -2.02. The third-order valence-corrected chi connectivity index (χ3v) is 4.43. The first-order valence-corrected chi connectivity index (χ1v) is 8.61. The highest BCUT2D eigenvalue weighted by Crippen LogP contribution is 2.42. The maximum atomic E-state index is 10.8. The zero-order valence-corrected chi connectivity index (χ0v) is 15.8. The molecule has 2 aromatic rings. The number of aryl methyl sites for hydroxylation is 1. The van der Waals surface area contributed by atoms with Crippen molar-refractivity contribution in [3.8, 4) is 23.0 Å². The molecule has 0 aliphatic carbocycles. The molecule has 0 saturated heterocycles. The minimum Gasteiger partial charge on any atom is -0.507 e. The topological polar surface area (TPSA) is 47.9 Å². The second-order valence-electron chi connectivity index (χ2n) is 6.38. The van der Waals surface area contributed by atoms with Crippen molar-refractivity contribution in [3.05, 3.63) is 47.0 Å². The zero-order chi connectivity index (χ0) is 18.4. The summed E-state index contributed by atoms with van der Waals surface area (Å²) < 4.78 is 16.1. The average molecular weight is 344 g/mol. The van der Waals surface area contributed by atoms with Crippen LogP contribution in [0.15, 0.2) is 30.3 Å². The molecule has 0 fully saturated rings. The Bertz CT molecular complexity index is 690. The maximum absolute atomic E-state index is 10.8. The lowest BCUT2D eigenvalue weighted by Gasteiger charge is -2.19. The molecule has 0 aliphatic rings. The van der Waals surface area contributed by atoms with Crippen molar-refractivity contribution in [2.75, 3.05) is 21.3 Å². The van der Waals surface area contributed by atoms with E-state index in [4.69, 9.17) is 14.2 Å². The van der Waals surface area contributed by atoms with Crippen molar-refractivity contribution in [2.24, 2.45) is 0 Å². The SMILES string of the molecule is COc1ccc(CCCc2c(OC)cc(OC)c(C(C)C)c2O)cc1. The standard InChI is InChI=1S/C21H28O4/c1-14(2)20-19(25-5)13-18(24-4)17(21(20)22)8-6-7-15-9-11-16(23-3)12-10-15/h9-14,22H,6-8H2,1-5H3. The van der Waals surface area contributed by atoms with Crippen molar-refractivity contribution in [2.45, 2.75) is 39.0 Å². The minimum atomic E-state index is 0.168. The molecule has 0 unspecified atom stereocenters. The molecule has 0 saturated carbocycles. The Morgan fingerprint density at radius 3 is 2.04 bits per heavy atom. The van der Waals surface area contributed by atoms with Gasteiger partial charge in [-0.15, -0.1) is 0 Å². The first-order chi connectivity index (χ1) is 12.0. The zero-order valence-electron chi connectivity index (χ0n) is 15.8. The van der Waals surface area contributed by atoms with E-state index >= 15 is 0 Å². The van der Waals surface area contributed by atoms with E-state index in [-0.39, 0.29) is 5.92 Å². The van der Waals surface area contributed by atoms with Gasteiger partial charge in [0.2, 0.25) is 0 Å². The maximum Gasteiger partial charge on any atom is 0.129 e. The molecule has 2 aromatic carbocycles. The van der Waals surface area contributed by atoms with Crippen molar-refractivity contribution < 1.29 is 19.3 Å². The summed E-state index contributed by atoms with van der Waals surface area (Å²) >= 11 is 0. The van der Waals surface area contributed by atoms with E-state index in [1.807, 2.05) is 32.0 Å². The summed E-state index contributed by atoms with van der Waals surface area (Å²) in [6.07, 6.45) is 2.58. The van der Waals surface area contributed by atoms with Gasteiger partial charge < -0.3 is 19.3 Å². The Labute approximate surface area is 150 Å². The van der Waals surface area contributed by atoms with Crippen LogP contribution < -0.4 is 14.2 Å². The van der Waals surface area contributed by atoms with Gasteiger partial charge in [0.25, 0.3) is 0 Å². The number of aromatic hydroxyl groups is 1. The fraction of sp³-hybridized carbons (Fsp3) is 0.429. The van der Waals surface area contributed by atoms with Crippen LogP contribution in [-0.4, -0.2) is 26.4 Å². The van der Waals surface area contributed by atoms with E-state index in [0.29, 0.717) is 17.2 Å². The average Bonchev–Trinajstić information content (AvgIpc) is 2.62. The van der Waals surface area contributed by atoms with Gasteiger partial charge in [-0.3, -0.25) is 0 Å². The normalized spacial score (nSPS) is 10.8. The quantitative estimate of drug-likeness (QED) is 0.753. The molecule has 0 amide bonds. The van der Waals surface area contributed by atoms with Gasteiger partial charge in [-0.25, -0.2) is 0 Å². The van der Waals surface area contributed by atoms with E-state index in [1.54, 1.807) is 21.3 Å². The van der Waals surface area contributed by atoms with Crippen LogP contribution in [0.4, 0.5) is 0 Å². The third kappa shape index (κ3) is 4.38. The number of hydrogen-bond acceptors (Lipinski definition) is 4. The van der Waals surface area contributed by atoms with Crippen LogP contribution >= 0.6 is 0 Å². The van der Waals surface area contributed by atoms with Gasteiger partial charge in [0.1, 0.15) is 23.0 Å². The van der Waals surface area contributed by atoms with Gasteiger partial charge in [-0.1, -0.05) is 26.0 Å². The highest BCUT2D eigenvalue weighted by Gasteiger charge is 2.20. The summed E-state index contributed by atoms with van der Waals surface area (Å²) in [5, 5.41) is 10.8. The second kappa shape index (κ2) is 8.65. The van der Waals surface area contributed by atoms with Gasteiger partial charge >= 0.3 is 0 Å². The molecule has 0 atom stereocenters. The largest absolute Gasteiger partial charge is 0.507 e. The molecule has 0 aliphatic heterocycles. The molecule has 25 heavy (non-hydrogen) atoms. The van der Waals surface area contributed by atoms with E-state index in [9.17, 15) is 5.11 Å². The van der Waals surface area contributed by atoms with Crippen LogP contribution in [0.25, 0.3) is 0 Å². The van der Waals surface area contributed by atoms with Crippen molar-refractivity contribution >= 4 is 0 Å². The Morgan fingerprint density at radius 1 is 0.880 bits per heavy atom. The lowest BCUT2D eigenvalue weighted by molar-refractivity contribution is 0.371. The summed E-state index contributed by atoms with van der Waals surface area (Å²) in [5.41, 5.74) is 2.93. The molecule has 2 rings (SSSR count). The first kappa shape index (κ1) is 19.0. The number of methoxy groups -OCH3 is 3. The smallest absolute Gasteiger partial charge is 0.129 e. The molecular weight excluding hydrogens is 316 g/mol. The van der Waals surface area contributed by atoms with Gasteiger partial charge in [0.05, 0.1) is 21.3 Å². The van der Waals surface area contributed by atoms with E-state index in [0.717, 1.165) is 36.1 Å². The van der Waals surface area contributed by atoms with Gasteiger partial charge in [-0.05, 0) is 42.9 Å². The highest BCUT2D eigenvalue weighted by atomic mass is 16.5. The van der Waals surface area contributed by atoms with Gasteiger partial charge in [0.15, 0.2) is 0 Å². The van der Waals surface area contributed by atoms with Crippen molar-refractivity contribution in [3.63, 3.8) is 0 Å². The molecule has 4 nitrogen and oxygen atoms in total. The summed E-state index contributed by atoms with van der Waals surface area (Å²) in [6, 6.07) is 9.96. The fourth-order valence-corrected chi connectivity index (χ4v) is 3.09. The third-order valence-electron chi connectivity index (χ3n) is 4.43. The molecule has 1 N–H and O–H groups in total. The number of ether oxygens (including phenoxy) is 3. The molecule has 0 bridgehead atoms. The molecule has 4 heteroatoms. The van der Waals surface area contributed by atoms with Crippen LogP contribution in [0.1, 0.15) is 42.9 Å². The van der Waals surface area contributed by atoms with Crippen LogP contribution in [0.2, 0.25) is 0 Å². The molecule has 0 spiro atoms. The predicted octanol–water partition coefficient (Wildman–Crippen LogP) is 4.72. The first-order valence-electron chi connectivity index (χ1n) is 8.61. The van der Waals surface area contributed by atoms with Crippen LogP contribution in [0.5, 0.6) is 23.0 Å². The summed E-state index contributed by atoms with van der Waals surface area (Å²) in [5.74, 6) is 2.67. The molecule has 0 aromatic heterocycles. The van der Waals surface area contributed by atoms with Gasteiger partial charge in [-0.2, -0.15) is 0 Å². The van der Waals surface area contributed by atoms with Crippen LogP contribution in [0.3, 0.4) is 0 Å². The second-order valence-corrected chi connectivity index (χ2v) is 6.38.